The molecule has 1 fully saturated rings. The van der Waals surface area contributed by atoms with E-state index in [4.69, 9.17) is 0 Å². The van der Waals surface area contributed by atoms with Gasteiger partial charge in [-0.25, -0.2) is 4.68 Å². The third kappa shape index (κ3) is 2.02. The van der Waals surface area contributed by atoms with Gasteiger partial charge in [-0.2, -0.15) is 12.6 Å². The number of hydrogen-bond donors (Lipinski definition) is 2. The van der Waals surface area contributed by atoms with E-state index in [1.54, 1.807) is 24.3 Å². The van der Waals surface area contributed by atoms with Crippen LogP contribution in [-0.2, 0) is 6.54 Å². The van der Waals surface area contributed by atoms with Crippen LogP contribution in [0, 0.1) is 5.41 Å². The van der Waals surface area contributed by atoms with Gasteiger partial charge in [-0.1, -0.05) is 18.6 Å². The Hall–Kier alpha value is -1.49. The fourth-order valence-electron chi connectivity index (χ4n) is 2.74. The van der Waals surface area contributed by atoms with Crippen LogP contribution in [-0.4, -0.2) is 15.5 Å². The Labute approximate surface area is 115 Å². The molecule has 4 nitrogen and oxygen atoms in total. The Kier molecular flexibility index (Phi) is 3.01. The molecule has 0 unspecified atom stereocenters. The van der Waals surface area contributed by atoms with Crippen molar-refractivity contribution in [1.29, 1.82) is 0 Å². The highest BCUT2D eigenvalue weighted by Crippen LogP contribution is 2.42. The Bertz CT molecular complexity index is 723. The van der Waals surface area contributed by atoms with Gasteiger partial charge in [-0.15, -0.1) is 0 Å². The van der Waals surface area contributed by atoms with Crippen molar-refractivity contribution in [3.05, 3.63) is 45.0 Å². The number of nitrogens with zero attached hydrogens (tertiary/aromatic N) is 1. The maximum absolute atomic E-state index is 12.4. The van der Waals surface area contributed by atoms with Crippen LogP contribution < -0.4 is 11.1 Å². The molecule has 0 atom stereocenters. The number of thiol groups is 1. The van der Waals surface area contributed by atoms with Gasteiger partial charge in [0.1, 0.15) is 0 Å². The topological polar surface area (TPSA) is 54.9 Å². The van der Waals surface area contributed by atoms with Crippen LogP contribution in [0.15, 0.2) is 33.9 Å². The molecule has 1 N–H and O–H groups in total. The Morgan fingerprint density at radius 1 is 1.21 bits per heavy atom. The van der Waals surface area contributed by atoms with Crippen molar-refractivity contribution in [2.45, 2.75) is 25.8 Å². The van der Waals surface area contributed by atoms with Crippen molar-refractivity contribution >= 4 is 23.4 Å². The van der Waals surface area contributed by atoms with Crippen LogP contribution in [0.25, 0.3) is 10.8 Å². The molecule has 1 saturated carbocycles. The van der Waals surface area contributed by atoms with Crippen LogP contribution in [0.5, 0.6) is 0 Å². The van der Waals surface area contributed by atoms with Crippen LogP contribution in [0.4, 0.5) is 0 Å². The molecule has 3 rings (SSSR count). The standard InChI is InChI=1S/C14H16N2O2S/c17-12-10-4-1-2-5-11(10)13(18)16(15-12)8-14(9-19)6-3-7-14/h1-2,4-5,19H,3,6-9H2,(H,15,17). The van der Waals surface area contributed by atoms with Crippen molar-refractivity contribution in [1.82, 2.24) is 9.78 Å². The minimum absolute atomic E-state index is 0.0678. The highest BCUT2D eigenvalue weighted by Gasteiger charge is 2.36. The van der Waals surface area contributed by atoms with Gasteiger partial charge < -0.3 is 0 Å². The van der Waals surface area contributed by atoms with E-state index in [2.05, 4.69) is 17.7 Å². The molecule has 0 spiro atoms. The molecular weight excluding hydrogens is 260 g/mol. The van der Waals surface area contributed by atoms with Gasteiger partial charge in [0.05, 0.1) is 10.8 Å². The van der Waals surface area contributed by atoms with Crippen LogP contribution in [0.1, 0.15) is 19.3 Å². The third-order valence-electron chi connectivity index (χ3n) is 4.13. The first-order chi connectivity index (χ1) is 9.15. The predicted octanol–water partition coefficient (Wildman–Crippen LogP) is 1.79. The smallest absolute Gasteiger partial charge is 0.267 e. The van der Waals surface area contributed by atoms with Gasteiger partial charge in [-0.3, -0.25) is 14.7 Å². The van der Waals surface area contributed by atoms with Crippen LogP contribution in [0.3, 0.4) is 0 Å². The summed E-state index contributed by atoms with van der Waals surface area (Å²) in [5, 5.41) is 3.63. The highest BCUT2D eigenvalue weighted by atomic mass is 32.1. The number of nitrogens with one attached hydrogen (secondary N) is 1. The van der Waals surface area contributed by atoms with E-state index in [1.807, 2.05) is 0 Å². The van der Waals surface area contributed by atoms with Gasteiger partial charge in [0.25, 0.3) is 11.1 Å². The predicted molar refractivity (Wildman–Crippen MR) is 79.0 cm³/mol. The van der Waals surface area contributed by atoms with E-state index in [-0.39, 0.29) is 16.5 Å². The minimum Gasteiger partial charge on any atom is -0.267 e. The SMILES string of the molecule is O=c1[nH]n(CC2(CS)CCC2)c(=O)c2ccccc12. The molecule has 100 valence electrons. The lowest BCUT2D eigenvalue weighted by molar-refractivity contribution is 0.130. The van der Waals surface area contributed by atoms with Gasteiger partial charge in [-0.05, 0) is 36.1 Å². The van der Waals surface area contributed by atoms with E-state index < -0.39 is 0 Å². The molecule has 1 heterocycles. The number of benzene rings is 1. The number of fused-ring (bicyclic) bond motifs is 1. The molecular formula is C14H16N2O2S. The summed E-state index contributed by atoms with van der Waals surface area (Å²) in [6.07, 6.45) is 3.31. The molecule has 1 aromatic heterocycles. The van der Waals surface area contributed by atoms with Gasteiger partial charge in [0.2, 0.25) is 0 Å². The minimum atomic E-state index is -0.205. The maximum Gasteiger partial charge on any atom is 0.273 e. The quantitative estimate of drug-likeness (QED) is 0.840. The summed E-state index contributed by atoms with van der Waals surface area (Å²) >= 11 is 4.39. The number of aromatic amines is 1. The van der Waals surface area contributed by atoms with E-state index >= 15 is 0 Å². The van der Waals surface area contributed by atoms with Crippen molar-refractivity contribution in [2.24, 2.45) is 5.41 Å². The molecule has 0 aliphatic heterocycles. The second-order valence-corrected chi connectivity index (χ2v) is 5.71. The molecule has 2 aromatic rings. The first-order valence-corrected chi connectivity index (χ1v) is 7.11. The lowest BCUT2D eigenvalue weighted by Gasteiger charge is -2.40. The number of hydrogen-bond acceptors (Lipinski definition) is 3. The molecule has 1 aliphatic carbocycles. The molecule has 0 saturated heterocycles. The summed E-state index contributed by atoms with van der Waals surface area (Å²) in [5.74, 6) is 0.744. The number of rotatable bonds is 3. The molecule has 19 heavy (non-hydrogen) atoms. The lowest BCUT2D eigenvalue weighted by Crippen LogP contribution is -2.41. The van der Waals surface area contributed by atoms with Crippen molar-refractivity contribution in [3.8, 4) is 0 Å². The van der Waals surface area contributed by atoms with Crippen LogP contribution >= 0.6 is 12.6 Å². The zero-order valence-corrected chi connectivity index (χ0v) is 11.5. The largest absolute Gasteiger partial charge is 0.273 e. The van der Waals surface area contributed by atoms with Gasteiger partial charge in [0, 0.05) is 6.54 Å². The second-order valence-electron chi connectivity index (χ2n) is 5.39. The Morgan fingerprint density at radius 2 is 1.89 bits per heavy atom. The highest BCUT2D eigenvalue weighted by molar-refractivity contribution is 7.80. The maximum atomic E-state index is 12.4. The monoisotopic (exact) mass is 276 g/mol. The summed E-state index contributed by atoms with van der Waals surface area (Å²) in [5.41, 5.74) is -0.259. The van der Waals surface area contributed by atoms with Crippen molar-refractivity contribution in [3.63, 3.8) is 0 Å². The number of H-pyrrole nitrogens is 1. The normalized spacial score (nSPS) is 17.3. The molecule has 1 aromatic carbocycles. The lowest BCUT2D eigenvalue weighted by atomic mass is 9.70. The molecule has 0 amide bonds. The summed E-state index contributed by atoms with van der Waals surface area (Å²) < 4.78 is 1.46. The van der Waals surface area contributed by atoms with E-state index in [0.29, 0.717) is 17.3 Å². The van der Waals surface area contributed by atoms with E-state index in [0.717, 1.165) is 18.6 Å². The summed E-state index contributed by atoms with van der Waals surface area (Å²) in [7, 11) is 0. The van der Waals surface area contributed by atoms with Crippen molar-refractivity contribution in [2.75, 3.05) is 5.75 Å². The first kappa shape index (κ1) is 12.5. The molecule has 1 aliphatic rings. The van der Waals surface area contributed by atoms with Crippen molar-refractivity contribution < 1.29 is 0 Å². The Balaban J connectivity index is 2.12. The molecule has 5 heteroatoms. The Morgan fingerprint density at radius 3 is 2.47 bits per heavy atom. The van der Waals surface area contributed by atoms with Crippen LogP contribution in [0.2, 0.25) is 0 Å². The summed E-state index contributed by atoms with van der Waals surface area (Å²) in [6, 6.07) is 6.93. The van der Waals surface area contributed by atoms with E-state index in [1.165, 1.54) is 11.1 Å². The zero-order valence-electron chi connectivity index (χ0n) is 10.6. The van der Waals surface area contributed by atoms with Gasteiger partial charge in [0.15, 0.2) is 0 Å². The average Bonchev–Trinajstić information content (AvgIpc) is 2.39. The first-order valence-electron chi connectivity index (χ1n) is 6.48. The number of aromatic nitrogens is 2. The fraction of sp³-hybridized carbons (Fsp3) is 0.429. The second kappa shape index (κ2) is 4.56. The summed E-state index contributed by atoms with van der Waals surface area (Å²) in [4.78, 5) is 24.4. The van der Waals surface area contributed by atoms with E-state index in [9.17, 15) is 9.59 Å². The third-order valence-corrected chi connectivity index (χ3v) is 4.80. The molecule has 0 bridgehead atoms. The zero-order chi connectivity index (χ0) is 13.5. The summed E-state index contributed by atoms with van der Waals surface area (Å²) in [6.45, 7) is 0.551. The molecule has 0 radical (unpaired) electrons. The van der Waals surface area contributed by atoms with Gasteiger partial charge >= 0.3 is 0 Å². The fourth-order valence-corrected chi connectivity index (χ4v) is 3.15. The average molecular weight is 276 g/mol.